The number of aliphatic carboxylic acids is 1. The summed E-state index contributed by atoms with van der Waals surface area (Å²) in [4.78, 5) is 19.6. The summed E-state index contributed by atoms with van der Waals surface area (Å²) in [5.41, 5.74) is 4.30. The highest BCUT2D eigenvalue weighted by Crippen LogP contribution is 2.73. The molecule has 4 unspecified atom stereocenters. The average molecular weight is 766 g/mol. The summed E-state index contributed by atoms with van der Waals surface area (Å²) in [5.74, 6) is 4.00. The minimum atomic E-state index is -0.961. The van der Waals surface area contributed by atoms with Crippen LogP contribution in [0.25, 0.3) is 0 Å². The molecule has 0 aromatic carbocycles. The summed E-state index contributed by atoms with van der Waals surface area (Å²) in [5, 5.41) is 14.7. The van der Waals surface area contributed by atoms with Crippen molar-refractivity contribution in [2.75, 3.05) is 26.2 Å². The lowest BCUT2D eigenvalue weighted by Crippen LogP contribution is -2.64. The van der Waals surface area contributed by atoms with E-state index in [0.29, 0.717) is 36.0 Å². The number of aromatic nitrogens is 1. The van der Waals surface area contributed by atoms with E-state index in [1.807, 2.05) is 12.1 Å². The summed E-state index contributed by atoms with van der Waals surface area (Å²) in [6.45, 7) is 26.8. The lowest BCUT2D eigenvalue weighted by Gasteiger charge is -2.69. The van der Waals surface area contributed by atoms with Crippen molar-refractivity contribution < 1.29 is 14.6 Å². The van der Waals surface area contributed by atoms with Crippen LogP contribution in [-0.2, 0) is 4.79 Å². The zero-order valence-corrected chi connectivity index (χ0v) is 36.2. The Morgan fingerprint density at radius 3 is 2.38 bits per heavy atom. The Balaban J connectivity index is 1.09. The van der Waals surface area contributed by atoms with Gasteiger partial charge >= 0.3 is 5.97 Å². The van der Waals surface area contributed by atoms with Crippen LogP contribution in [0, 0.1) is 57.2 Å². The van der Waals surface area contributed by atoms with Crippen LogP contribution in [0.5, 0.6) is 5.88 Å². The average Bonchev–Trinajstić information content (AvgIpc) is 3.56. The lowest BCUT2D eigenvalue weighted by molar-refractivity contribution is -0.177. The molecule has 0 aliphatic heterocycles. The van der Waals surface area contributed by atoms with Crippen molar-refractivity contribution in [3.63, 3.8) is 0 Å². The van der Waals surface area contributed by atoms with E-state index in [9.17, 15) is 9.90 Å². The highest BCUT2D eigenvalue weighted by molar-refractivity contribution is 5.78. The first-order chi connectivity index (χ1) is 26.7. The standard InChI is InChI=1S/C50H75N3O3/c1-9-31-53(32-10-2)33-30-52-50-26-18-37(35(3)4)44(50)38-14-15-42-47(7,40(38)20-27-50)23-21-41-46(5,6)39(19-22-48(41,42)8)36-16-24-49(25-17-36,45(54)55)28-34-56-43-13-11-12-29-51-43/h11-13,16,19,28-29,34,37-38,40-42,44,52H,3,9-10,14-15,17-18,20-27,30-33H2,1-2,4-8H3,(H,54,55)/b34-28+/t37-,38-,40?,41?,42?,44?,47-,48-,49-,50-/m0/s1. The molecule has 2 N–H and O–H groups in total. The maximum Gasteiger partial charge on any atom is 0.313 e. The lowest BCUT2D eigenvalue weighted by atomic mass is 9.36. The number of carboxylic acid groups (broad SMARTS) is 1. The zero-order chi connectivity index (χ0) is 39.9. The normalized spacial score (nSPS) is 38.9. The largest absolute Gasteiger partial charge is 0.481 e. The minimum absolute atomic E-state index is 0.0454. The van der Waals surface area contributed by atoms with E-state index in [2.05, 4.69) is 82.4 Å². The van der Waals surface area contributed by atoms with Crippen LogP contribution in [0.3, 0.4) is 0 Å². The molecular weight excluding hydrogens is 691 g/mol. The third kappa shape index (κ3) is 7.20. The molecule has 1 aromatic heterocycles. The summed E-state index contributed by atoms with van der Waals surface area (Å²) < 4.78 is 5.70. The molecule has 0 amide bonds. The van der Waals surface area contributed by atoms with Gasteiger partial charge in [0.25, 0.3) is 0 Å². The van der Waals surface area contributed by atoms with Crippen LogP contribution < -0.4 is 10.1 Å². The summed E-state index contributed by atoms with van der Waals surface area (Å²) in [7, 11) is 0. The van der Waals surface area contributed by atoms with Crippen LogP contribution in [0.1, 0.15) is 138 Å². The first-order valence-electron chi connectivity index (χ1n) is 22.8. The number of rotatable bonds is 14. The molecule has 6 heteroatoms. The Hall–Kier alpha value is -2.70. The molecule has 10 atom stereocenters. The number of hydrogen-bond acceptors (Lipinski definition) is 5. The van der Waals surface area contributed by atoms with E-state index in [4.69, 9.17) is 4.74 Å². The van der Waals surface area contributed by atoms with Crippen molar-refractivity contribution in [2.45, 2.75) is 144 Å². The van der Waals surface area contributed by atoms with Crippen molar-refractivity contribution in [2.24, 2.45) is 57.2 Å². The fraction of sp³-hybridized carbons (Fsp3) is 0.720. The zero-order valence-electron chi connectivity index (χ0n) is 36.2. The number of ether oxygens (including phenoxy) is 1. The maximum atomic E-state index is 12.7. The number of hydrogen-bond donors (Lipinski definition) is 2. The van der Waals surface area contributed by atoms with Crippen molar-refractivity contribution in [3.05, 3.63) is 72.2 Å². The molecule has 56 heavy (non-hydrogen) atoms. The molecule has 6 aliphatic rings. The van der Waals surface area contributed by atoms with Crippen molar-refractivity contribution in [3.8, 4) is 5.88 Å². The number of carboxylic acids is 1. The molecule has 308 valence electrons. The molecule has 6 nitrogen and oxygen atoms in total. The smallest absolute Gasteiger partial charge is 0.313 e. The van der Waals surface area contributed by atoms with E-state index >= 15 is 0 Å². The van der Waals surface area contributed by atoms with Crippen LogP contribution in [0.4, 0.5) is 0 Å². The number of fused-ring (bicyclic) bond motifs is 7. The van der Waals surface area contributed by atoms with Gasteiger partial charge in [-0.1, -0.05) is 71.9 Å². The topological polar surface area (TPSA) is 74.7 Å². The Morgan fingerprint density at radius 2 is 1.71 bits per heavy atom. The van der Waals surface area contributed by atoms with Gasteiger partial charge < -0.3 is 20.1 Å². The number of carbonyl (C=O) groups is 1. The first-order valence-corrected chi connectivity index (χ1v) is 22.8. The van der Waals surface area contributed by atoms with E-state index < -0.39 is 11.4 Å². The van der Waals surface area contributed by atoms with E-state index in [-0.39, 0.29) is 16.4 Å². The second-order valence-electron chi connectivity index (χ2n) is 20.5. The van der Waals surface area contributed by atoms with Gasteiger partial charge in [0.1, 0.15) is 0 Å². The fourth-order valence-corrected chi connectivity index (χ4v) is 14.9. The summed E-state index contributed by atoms with van der Waals surface area (Å²) in [6, 6.07) is 5.49. The van der Waals surface area contributed by atoms with Crippen molar-refractivity contribution in [1.29, 1.82) is 0 Å². The van der Waals surface area contributed by atoms with Crippen molar-refractivity contribution in [1.82, 2.24) is 15.2 Å². The van der Waals surface area contributed by atoms with Gasteiger partial charge in [0.15, 0.2) is 0 Å². The minimum Gasteiger partial charge on any atom is -0.481 e. The molecule has 1 heterocycles. The maximum absolute atomic E-state index is 12.7. The van der Waals surface area contributed by atoms with Crippen molar-refractivity contribution >= 4 is 5.97 Å². The Morgan fingerprint density at radius 1 is 0.946 bits per heavy atom. The fourth-order valence-electron chi connectivity index (χ4n) is 14.9. The first kappa shape index (κ1) is 41.5. The van der Waals surface area contributed by atoms with Gasteiger partial charge in [-0.15, -0.1) is 0 Å². The SMILES string of the molecule is C=C(C)[C@@H]1CC[C@]2(NCCN(CCC)CCC)CCC3[C@H](CCC4[C@@]3(C)CCC3C(C)(C)C(C5=CC[C@](/C=C/Oc6ccccn6)(C(=O)O)CC5)=CC[C@@]34C)C12. The number of nitrogens with one attached hydrogen (secondary N) is 1. The molecule has 0 saturated heterocycles. The molecule has 4 saturated carbocycles. The third-order valence-corrected chi connectivity index (χ3v) is 17.3. The Kier molecular flexibility index (Phi) is 12.0. The highest BCUT2D eigenvalue weighted by Gasteiger charge is 2.66. The summed E-state index contributed by atoms with van der Waals surface area (Å²) >= 11 is 0. The highest BCUT2D eigenvalue weighted by atomic mass is 16.5. The molecule has 6 aliphatic carbocycles. The van der Waals surface area contributed by atoms with Gasteiger partial charge in [-0.3, -0.25) is 4.79 Å². The molecule has 7 rings (SSSR count). The van der Waals surface area contributed by atoms with Gasteiger partial charge in [0, 0.05) is 30.9 Å². The van der Waals surface area contributed by atoms with Crippen LogP contribution in [0.2, 0.25) is 0 Å². The predicted octanol–water partition coefficient (Wildman–Crippen LogP) is 11.4. The Bertz CT molecular complexity index is 1670. The van der Waals surface area contributed by atoms with E-state index in [1.54, 1.807) is 18.3 Å². The van der Waals surface area contributed by atoms with E-state index in [0.717, 1.165) is 43.1 Å². The predicted molar refractivity (Wildman–Crippen MR) is 229 cm³/mol. The van der Waals surface area contributed by atoms with Gasteiger partial charge in [-0.25, -0.2) is 4.98 Å². The second kappa shape index (κ2) is 16.2. The monoisotopic (exact) mass is 766 g/mol. The van der Waals surface area contributed by atoms with Crippen LogP contribution >= 0.6 is 0 Å². The van der Waals surface area contributed by atoms with Gasteiger partial charge in [-0.05, 0) is 185 Å². The quantitative estimate of drug-likeness (QED) is 0.145. The van der Waals surface area contributed by atoms with Crippen LogP contribution in [-0.4, -0.2) is 52.7 Å². The van der Waals surface area contributed by atoms with E-state index in [1.165, 1.54) is 107 Å². The Labute approximate surface area is 340 Å². The molecule has 1 aromatic rings. The molecule has 0 spiro atoms. The number of nitrogens with zero attached hydrogens (tertiary/aromatic N) is 2. The molecular formula is C50H75N3O3. The second-order valence-corrected chi connectivity index (χ2v) is 20.5. The molecule has 0 radical (unpaired) electrons. The van der Waals surface area contributed by atoms with Gasteiger partial charge in [0.2, 0.25) is 5.88 Å². The number of pyridine rings is 1. The molecule has 0 bridgehead atoms. The van der Waals surface area contributed by atoms with Crippen LogP contribution in [0.15, 0.2) is 72.2 Å². The summed E-state index contributed by atoms with van der Waals surface area (Å²) in [6.07, 6.45) is 26.0. The molecule has 4 fully saturated rings. The third-order valence-electron chi connectivity index (χ3n) is 17.3. The van der Waals surface area contributed by atoms with Gasteiger partial charge in [-0.2, -0.15) is 0 Å². The number of allylic oxidation sites excluding steroid dienone is 5. The van der Waals surface area contributed by atoms with Gasteiger partial charge in [0.05, 0.1) is 11.7 Å².